The minimum Gasteiger partial charge on any atom is -0.483 e. The minimum atomic E-state index is -0.500. The average Bonchev–Trinajstić information content (AvgIpc) is 2.52. The molecule has 1 aromatic carbocycles. The van der Waals surface area contributed by atoms with E-state index in [1.807, 2.05) is 20.8 Å². The summed E-state index contributed by atoms with van der Waals surface area (Å²) in [6, 6.07) is 5.15. The molecule has 1 atom stereocenters. The van der Waals surface area contributed by atoms with Crippen LogP contribution in [0.15, 0.2) is 23.3 Å². The molecule has 1 amide bonds. The molecule has 7 heteroatoms. The third-order valence-electron chi connectivity index (χ3n) is 3.51. The monoisotopic (exact) mass is 368 g/mol. The van der Waals surface area contributed by atoms with Gasteiger partial charge in [-0.2, -0.15) is 5.10 Å². The third kappa shape index (κ3) is 6.74. The summed E-state index contributed by atoms with van der Waals surface area (Å²) in [5, 5.41) is 4.62. The summed E-state index contributed by atoms with van der Waals surface area (Å²) in [6.45, 7) is 9.18. The van der Waals surface area contributed by atoms with E-state index >= 15 is 0 Å². The smallest absolute Gasteiger partial charge is 0.314 e. The number of nitrogens with zero attached hydrogens (tertiary/aromatic N) is 1. The van der Waals surface area contributed by atoms with Gasteiger partial charge in [0.05, 0.1) is 12.5 Å². The summed E-state index contributed by atoms with van der Waals surface area (Å²) in [7, 11) is 0. The fraction of sp³-hybridized carbons (Fsp3) is 0.500. The molecule has 0 saturated heterocycles. The van der Waals surface area contributed by atoms with Gasteiger partial charge in [0.1, 0.15) is 5.75 Å². The first-order valence-corrected chi connectivity index (χ1v) is 8.52. The van der Waals surface area contributed by atoms with Crippen molar-refractivity contribution < 1.29 is 19.1 Å². The van der Waals surface area contributed by atoms with Crippen LogP contribution in [0.5, 0.6) is 5.75 Å². The van der Waals surface area contributed by atoms with Crippen LogP contribution in [0.1, 0.15) is 33.3 Å². The summed E-state index contributed by atoms with van der Waals surface area (Å²) in [5.41, 5.74) is 3.73. The second kappa shape index (κ2) is 10.0. The lowest BCUT2D eigenvalue weighted by Crippen LogP contribution is -2.32. The van der Waals surface area contributed by atoms with Crippen LogP contribution in [0.2, 0.25) is 5.02 Å². The van der Waals surface area contributed by atoms with Crippen molar-refractivity contribution in [1.29, 1.82) is 0 Å². The average molecular weight is 369 g/mol. The zero-order valence-electron chi connectivity index (χ0n) is 15.3. The number of amides is 1. The molecule has 0 bridgehead atoms. The molecule has 0 aliphatic carbocycles. The van der Waals surface area contributed by atoms with Crippen LogP contribution in [-0.4, -0.2) is 30.8 Å². The fourth-order valence-corrected chi connectivity index (χ4v) is 2.55. The summed E-state index contributed by atoms with van der Waals surface area (Å²) < 4.78 is 10.5. The fourth-order valence-electron chi connectivity index (χ4n) is 2.33. The minimum absolute atomic E-state index is 0.00710. The Morgan fingerprint density at radius 2 is 2.00 bits per heavy atom. The highest BCUT2D eigenvalue weighted by atomic mass is 35.5. The van der Waals surface area contributed by atoms with Gasteiger partial charge in [-0.3, -0.25) is 9.59 Å². The molecule has 0 spiro atoms. The number of esters is 1. The lowest BCUT2D eigenvalue weighted by atomic mass is 9.92. The van der Waals surface area contributed by atoms with Crippen LogP contribution in [0.4, 0.5) is 0 Å². The second-order valence-corrected chi connectivity index (χ2v) is 6.40. The molecule has 6 nitrogen and oxygen atoms in total. The number of hydrogen-bond acceptors (Lipinski definition) is 5. The third-order valence-corrected chi connectivity index (χ3v) is 3.75. The quantitative estimate of drug-likeness (QED) is 0.433. The zero-order valence-corrected chi connectivity index (χ0v) is 16.0. The van der Waals surface area contributed by atoms with Crippen molar-refractivity contribution in [2.24, 2.45) is 16.9 Å². The molecule has 0 aliphatic heterocycles. The Balaban J connectivity index is 2.63. The van der Waals surface area contributed by atoms with E-state index in [0.717, 1.165) is 5.56 Å². The Labute approximate surface area is 153 Å². The predicted octanol–water partition coefficient (Wildman–Crippen LogP) is 3.35. The lowest BCUT2D eigenvalue weighted by Gasteiger charge is -2.18. The topological polar surface area (TPSA) is 77.0 Å². The van der Waals surface area contributed by atoms with E-state index in [-0.39, 0.29) is 18.5 Å². The lowest BCUT2D eigenvalue weighted by molar-refractivity contribution is -0.146. The molecule has 1 unspecified atom stereocenters. The van der Waals surface area contributed by atoms with E-state index in [1.165, 1.54) is 0 Å². The maximum atomic E-state index is 12.0. The van der Waals surface area contributed by atoms with Crippen molar-refractivity contribution in [3.05, 3.63) is 28.8 Å². The van der Waals surface area contributed by atoms with Crippen molar-refractivity contribution >= 4 is 29.2 Å². The van der Waals surface area contributed by atoms with Crippen molar-refractivity contribution in [1.82, 2.24) is 5.43 Å². The zero-order chi connectivity index (χ0) is 19.0. The largest absolute Gasteiger partial charge is 0.483 e. The number of hydrogen-bond donors (Lipinski definition) is 1. The highest BCUT2D eigenvalue weighted by molar-refractivity contribution is 6.30. The van der Waals surface area contributed by atoms with E-state index in [1.54, 1.807) is 32.0 Å². The Kier molecular flexibility index (Phi) is 8.41. The molecule has 0 radical (unpaired) electrons. The summed E-state index contributed by atoms with van der Waals surface area (Å²) in [4.78, 5) is 23.9. The molecule has 138 valence electrons. The maximum Gasteiger partial charge on any atom is 0.314 e. The van der Waals surface area contributed by atoms with Crippen molar-refractivity contribution in [2.75, 3.05) is 13.2 Å². The van der Waals surface area contributed by atoms with Crippen LogP contribution < -0.4 is 10.2 Å². The molecular formula is C18H25ClN2O4. The molecule has 0 fully saturated rings. The first-order valence-electron chi connectivity index (χ1n) is 8.14. The number of aryl methyl sites for hydroxylation is 1. The molecule has 0 aliphatic rings. The van der Waals surface area contributed by atoms with Gasteiger partial charge in [0.2, 0.25) is 0 Å². The summed E-state index contributed by atoms with van der Waals surface area (Å²) in [6.07, 6.45) is 0. The van der Waals surface area contributed by atoms with Crippen LogP contribution >= 0.6 is 11.6 Å². The Morgan fingerprint density at radius 3 is 2.56 bits per heavy atom. The van der Waals surface area contributed by atoms with Crippen LogP contribution in [0, 0.1) is 18.8 Å². The number of ether oxygens (including phenoxy) is 2. The number of benzene rings is 1. The number of hydrazone groups is 1. The molecule has 0 heterocycles. The number of carbonyl (C=O) groups is 2. The molecule has 1 rings (SSSR count). The second-order valence-electron chi connectivity index (χ2n) is 5.96. The van der Waals surface area contributed by atoms with Gasteiger partial charge in [0.25, 0.3) is 5.91 Å². The van der Waals surface area contributed by atoms with Gasteiger partial charge < -0.3 is 9.47 Å². The standard InChI is InChI=1S/C18H25ClN2O4/c1-6-24-18(23)17(11(2)3)13(5)20-21-16(22)10-25-15-8-7-14(19)9-12(15)4/h7-9,11,17H,6,10H2,1-5H3,(H,21,22). The SMILES string of the molecule is CCOC(=O)C(C(C)=NNC(=O)COc1ccc(Cl)cc1C)C(C)C. The number of rotatable bonds is 8. The van der Waals surface area contributed by atoms with Gasteiger partial charge in [-0.15, -0.1) is 0 Å². The Morgan fingerprint density at radius 1 is 1.32 bits per heavy atom. The normalized spacial score (nSPS) is 12.7. The van der Waals surface area contributed by atoms with Crippen molar-refractivity contribution in [2.45, 2.75) is 34.6 Å². The molecule has 0 aromatic heterocycles. The van der Waals surface area contributed by atoms with E-state index in [4.69, 9.17) is 21.1 Å². The first-order chi connectivity index (χ1) is 11.8. The number of carbonyl (C=O) groups excluding carboxylic acids is 2. The summed E-state index contributed by atoms with van der Waals surface area (Å²) >= 11 is 5.88. The number of nitrogens with one attached hydrogen (secondary N) is 1. The van der Waals surface area contributed by atoms with Gasteiger partial charge in [-0.1, -0.05) is 25.4 Å². The Hall–Kier alpha value is -2.08. The van der Waals surface area contributed by atoms with Gasteiger partial charge in [0.15, 0.2) is 6.61 Å². The number of halogens is 1. The molecule has 1 N–H and O–H groups in total. The van der Waals surface area contributed by atoms with Crippen LogP contribution in [-0.2, 0) is 14.3 Å². The highest BCUT2D eigenvalue weighted by Crippen LogP contribution is 2.21. The van der Waals surface area contributed by atoms with E-state index in [9.17, 15) is 9.59 Å². The van der Waals surface area contributed by atoms with E-state index < -0.39 is 11.8 Å². The van der Waals surface area contributed by atoms with Crippen molar-refractivity contribution in [3.63, 3.8) is 0 Å². The van der Waals surface area contributed by atoms with Gasteiger partial charge in [0, 0.05) is 10.7 Å². The molecule has 1 aromatic rings. The van der Waals surface area contributed by atoms with Crippen molar-refractivity contribution in [3.8, 4) is 5.75 Å². The summed E-state index contributed by atoms with van der Waals surface area (Å²) in [5.74, 6) is -0.680. The van der Waals surface area contributed by atoms with Crippen LogP contribution in [0.3, 0.4) is 0 Å². The van der Waals surface area contributed by atoms with E-state index in [0.29, 0.717) is 23.1 Å². The first kappa shape index (κ1) is 21.0. The van der Waals surface area contributed by atoms with Gasteiger partial charge >= 0.3 is 5.97 Å². The molecule has 25 heavy (non-hydrogen) atoms. The highest BCUT2D eigenvalue weighted by Gasteiger charge is 2.26. The van der Waals surface area contributed by atoms with Crippen LogP contribution in [0.25, 0.3) is 0 Å². The van der Waals surface area contributed by atoms with Gasteiger partial charge in [-0.05, 0) is 50.5 Å². The molecule has 0 saturated carbocycles. The van der Waals surface area contributed by atoms with Gasteiger partial charge in [-0.25, -0.2) is 5.43 Å². The predicted molar refractivity (Wildman–Crippen MR) is 97.9 cm³/mol. The molecular weight excluding hydrogens is 344 g/mol. The Bertz CT molecular complexity index is 644. The van der Waals surface area contributed by atoms with E-state index in [2.05, 4.69) is 10.5 Å². The maximum absolute atomic E-state index is 12.0.